The summed E-state index contributed by atoms with van der Waals surface area (Å²) >= 11 is 0. The van der Waals surface area contributed by atoms with Gasteiger partial charge in [0.25, 0.3) is 6.43 Å². The molecule has 1 aromatic rings. The minimum Gasteiger partial charge on any atom is -0.385 e. The van der Waals surface area contributed by atoms with Crippen LogP contribution in [0.25, 0.3) is 0 Å². The van der Waals surface area contributed by atoms with Crippen LogP contribution in [0.3, 0.4) is 0 Å². The van der Waals surface area contributed by atoms with Gasteiger partial charge in [-0.1, -0.05) is 12.2 Å². The van der Waals surface area contributed by atoms with Gasteiger partial charge in [0.15, 0.2) is 5.67 Å². The number of anilines is 1. The zero-order valence-corrected chi connectivity index (χ0v) is 14.7. The van der Waals surface area contributed by atoms with E-state index in [1.807, 2.05) is 0 Å². The minimum absolute atomic E-state index is 0.0620. The van der Waals surface area contributed by atoms with Crippen molar-refractivity contribution in [1.29, 1.82) is 0 Å². The summed E-state index contributed by atoms with van der Waals surface area (Å²) in [6, 6.07) is 4.17. The Kier molecular flexibility index (Phi) is 5.01. The van der Waals surface area contributed by atoms with E-state index in [0.29, 0.717) is 12.2 Å². The van der Waals surface area contributed by atoms with Crippen molar-refractivity contribution in [3.05, 3.63) is 53.5 Å². The van der Waals surface area contributed by atoms with Gasteiger partial charge in [-0.15, -0.1) is 0 Å². The Morgan fingerprint density at radius 2 is 2.04 bits per heavy atom. The van der Waals surface area contributed by atoms with Crippen molar-refractivity contribution in [3.63, 3.8) is 0 Å². The molecular weight excluding hydrogens is 365 g/mol. The standard InChI is InChI=1S/C19H20F5N3/c1-18(6-7-19(24,11-20)17(25)26-18)14-9-13(4-5-15(14)21)27-8-2-3-12(10-27)16(22)23/h2-5,9-10,16H,6-8,11H2,1H3,(H2,25,26)/t18-,19+/m0/s1. The van der Waals surface area contributed by atoms with E-state index < -0.39 is 36.0 Å². The number of amidine groups is 1. The Morgan fingerprint density at radius 1 is 1.30 bits per heavy atom. The van der Waals surface area contributed by atoms with Gasteiger partial charge in [-0.3, -0.25) is 4.99 Å². The zero-order valence-electron chi connectivity index (χ0n) is 14.7. The Bertz CT molecular complexity index is 820. The number of hydrogen-bond acceptors (Lipinski definition) is 3. The summed E-state index contributed by atoms with van der Waals surface area (Å²) in [5.41, 5.74) is 2.62. The maximum Gasteiger partial charge on any atom is 0.265 e. The molecule has 0 fully saturated rings. The predicted octanol–water partition coefficient (Wildman–Crippen LogP) is 4.39. The highest BCUT2D eigenvalue weighted by atomic mass is 19.3. The molecule has 0 saturated carbocycles. The second-order valence-corrected chi connectivity index (χ2v) is 7.02. The van der Waals surface area contributed by atoms with Gasteiger partial charge in [0.2, 0.25) is 0 Å². The normalized spacial score (nSPS) is 28.3. The highest BCUT2D eigenvalue weighted by Crippen LogP contribution is 2.41. The summed E-state index contributed by atoms with van der Waals surface area (Å²) in [5, 5.41) is 0. The van der Waals surface area contributed by atoms with E-state index in [2.05, 4.69) is 4.99 Å². The Balaban J connectivity index is 1.99. The third-order valence-corrected chi connectivity index (χ3v) is 5.08. The fourth-order valence-electron chi connectivity index (χ4n) is 3.31. The van der Waals surface area contributed by atoms with Crippen molar-refractivity contribution in [2.75, 3.05) is 18.1 Å². The number of benzene rings is 1. The Labute approximate surface area is 154 Å². The molecule has 3 rings (SSSR count). The number of rotatable bonds is 4. The number of nitrogens with two attached hydrogens (primary N) is 1. The van der Waals surface area contributed by atoms with Crippen molar-refractivity contribution in [1.82, 2.24) is 0 Å². The van der Waals surface area contributed by atoms with Crippen LogP contribution in [0, 0.1) is 5.82 Å². The predicted molar refractivity (Wildman–Crippen MR) is 95.0 cm³/mol. The second kappa shape index (κ2) is 6.98. The number of halogens is 5. The molecule has 0 amide bonds. The molecule has 0 aliphatic carbocycles. The quantitative estimate of drug-likeness (QED) is 0.781. The van der Waals surface area contributed by atoms with E-state index in [1.165, 1.54) is 30.5 Å². The van der Waals surface area contributed by atoms with Gasteiger partial charge in [-0.25, -0.2) is 22.0 Å². The highest BCUT2D eigenvalue weighted by molar-refractivity contribution is 5.90. The third-order valence-electron chi connectivity index (χ3n) is 5.08. The first-order valence-corrected chi connectivity index (χ1v) is 8.52. The van der Waals surface area contributed by atoms with E-state index in [1.54, 1.807) is 17.9 Å². The molecule has 3 nitrogen and oxygen atoms in total. The first-order valence-electron chi connectivity index (χ1n) is 8.52. The first kappa shape index (κ1) is 19.4. The molecule has 0 unspecified atom stereocenters. The molecule has 0 spiro atoms. The van der Waals surface area contributed by atoms with Gasteiger partial charge in [-0.05, 0) is 38.0 Å². The Morgan fingerprint density at radius 3 is 2.67 bits per heavy atom. The topological polar surface area (TPSA) is 41.6 Å². The lowest BCUT2D eigenvalue weighted by Crippen LogP contribution is -2.48. The monoisotopic (exact) mass is 385 g/mol. The van der Waals surface area contributed by atoms with Crippen LogP contribution in [0.15, 0.2) is 47.1 Å². The summed E-state index contributed by atoms with van der Waals surface area (Å²) in [6.07, 6.45) is 1.45. The summed E-state index contributed by atoms with van der Waals surface area (Å²) in [4.78, 5) is 5.63. The average molecular weight is 385 g/mol. The van der Waals surface area contributed by atoms with Gasteiger partial charge in [-0.2, -0.15) is 0 Å². The molecular formula is C19H20F5N3. The molecule has 27 heavy (non-hydrogen) atoms. The van der Waals surface area contributed by atoms with Gasteiger partial charge < -0.3 is 10.6 Å². The zero-order chi connectivity index (χ0) is 19.8. The van der Waals surface area contributed by atoms with Crippen molar-refractivity contribution >= 4 is 11.5 Å². The maximum atomic E-state index is 14.5. The van der Waals surface area contributed by atoms with Gasteiger partial charge in [0, 0.05) is 29.6 Å². The fraction of sp³-hybridized carbons (Fsp3) is 0.421. The lowest BCUT2D eigenvalue weighted by atomic mass is 9.80. The number of hydrogen-bond donors (Lipinski definition) is 1. The van der Waals surface area contributed by atoms with E-state index in [4.69, 9.17) is 5.73 Å². The Hall–Kier alpha value is -2.38. The van der Waals surface area contributed by atoms with Crippen LogP contribution in [0.5, 0.6) is 0 Å². The molecule has 0 radical (unpaired) electrons. The molecule has 0 aromatic heterocycles. The highest BCUT2D eigenvalue weighted by Gasteiger charge is 2.44. The van der Waals surface area contributed by atoms with Crippen LogP contribution in [-0.2, 0) is 5.54 Å². The van der Waals surface area contributed by atoms with Gasteiger partial charge >= 0.3 is 0 Å². The summed E-state index contributed by atoms with van der Waals surface area (Å²) in [6.45, 7) is 0.650. The first-order chi connectivity index (χ1) is 12.7. The van der Waals surface area contributed by atoms with Crippen molar-refractivity contribution in [3.8, 4) is 0 Å². The van der Waals surface area contributed by atoms with Crippen LogP contribution in [0.1, 0.15) is 25.3 Å². The average Bonchev–Trinajstić information content (AvgIpc) is 2.65. The van der Waals surface area contributed by atoms with Gasteiger partial charge in [0.05, 0.1) is 5.54 Å². The van der Waals surface area contributed by atoms with Gasteiger partial charge in [0.1, 0.15) is 18.3 Å². The lowest BCUT2D eigenvalue weighted by molar-refractivity contribution is 0.152. The fourth-order valence-corrected chi connectivity index (χ4v) is 3.31. The number of aliphatic imine (C=N–C) groups is 1. The molecule has 0 bridgehead atoms. The number of allylic oxidation sites excluding steroid dienone is 2. The van der Waals surface area contributed by atoms with Crippen molar-refractivity contribution in [2.45, 2.75) is 37.4 Å². The largest absolute Gasteiger partial charge is 0.385 e. The summed E-state index contributed by atoms with van der Waals surface area (Å²) in [5.74, 6) is -1.07. The molecule has 2 atom stereocenters. The van der Waals surface area contributed by atoms with Crippen LogP contribution in [0.2, 0.25) is 0 Å². The van der Waals surface area contributed by atoms with Crippen LogP contribution >= 0.6 is 0 Å². The number of alkyl halides is 4. The van der Waals surface area contributed by atoms with Crippen LogP contribution in [-0.4, -0.2) is 31.1 Å². The number of nitrogens with zero attached hydrogens (tertiary/aromatic N) is 2. The second-order valence-electron chi connectivity index (χ2n) is 7.02. The summed E-state index contributed by atoms with van der Waals surface area (Å²) < 4.78 is 67.7. The van der Waals surface area contributed by atoms with E-state index >= 15 is 0 Å². The SMILES string of the molecule is C[C@@]1(c2cc(N3C=C(C(F)F)C=CC3)ccc2F)CC[C@@](F)(CF)C(N)=N1. The van der Waals surface area contributed by atoms with E-state index in [9.17, 15) is 22.0 Å². The maximum absolute atomic E-state index is 14.5. The minimum atomic E-state index is -2.62. The molecule has 0 saturated heterocycles. The molecule has 1 aromatic carbocycles. The third kappa shape index (κ3) is 3.57. The van der Waals surface area contributed by atoms with Crippen molar-refractivity contribution < 1.29 is 22.0 Å². The van der Waals surface area contributed by atoms with E-state index in [0.717, 1.165) is 0 Å². The molecule has 2 aliphatic rings. The van der Waals surface area contributed by atoms with Crippen LogP contribution < -0.4 is 10.6 Å². The van der Waals surface area contributed by atoms with E-state index in [-0.39, 0.29) is 24.0 Å². The molecule has 2 heterocycles. The summed E-state index contributed by atoms with van der Waals surface area (Å²) in [7, 11) is 0. The smallest absolute Gasteiger partial charge is 0.265 e. The molecule has 2 aliphatic heterocycles. The molecule has 146 valence electrons. The van der Waals surface area contributed by atoms with Crippen LogP contribution in [0.4, 0.5) is 27.6 Å². The lowest BCUT2D eigenvalue weighted by Gasteiger charge is -2.37. The molecule has 2 N–H and O–H groups in total. The van der Waals surface area contributed by atoms with Crippen molar-refractivity contribution in [2.24, 2.45) is 10.7 Å². The molecule has 8 heteroatoms.